The molecule has 0 saturated heterocycles. The first kappa shape index (κ1) is 29.5. The summed E-state index contributed by atoms with van der Waals surface area (Å²) in [5.74, 6) is 0.718. The van der Waals surface area contributed by atoms with E-state index < -0.39 is 0 Å². The molecule has 0 aliphatic rings. The van der Waals surface area contributed by atoms with Gasteiger partial charge in [-0.2, -0.15) is 0 Å². The number of hydrogen-bond acceptors (Lipinski definition) is 4. The van der Waals surface area contributed by atoms with Crippen molar-refractivity contribution in [2.24, 2.45) is 0 Å². The van der Waals surface area contributed by atoms with Crippen LogP contribution in [-0.4, -0.2) is 24.5 Å². The molecular weight excluding hydrogens is 647 g/mol. The van der Waals surface area contributed by atoms with E-state index in [0.717, 1.165) is 77.7 Å². The standard InChI is InChI=1S/C48H29N5/c1-2-10-32(11-3-1)45-38-15-6-8-16-42(38)51-48(52-45)33-20-18-30(19-21-33)31-22-24-34(25-23-31)53-43-17-9-7-13-36(43)40-28-39-35-12-4-5-14-37(35)46-47(50-27-26-49-46)41(39)29-44(40)53/h1-29H. The molecule has 53 heavy (non-hydrogen) atoms. The van der Waals surface area contributed by atoms with Gasteiger partial charge >= 0.3 is 0 Å². The molecule has 0 aliphatic heterocycles. The molecule has 5 nitrogen and oxygen atoms in total. The van der Waals surface area contributed by atoms with E-state index in [4.69, 9.17) is 19.9 Å². The third-order valence-corrected chi connectivity index (χ3v) is 10.5. The lowest BCUT2D eigenvalue weighted by Gasteiger charge is -2.12. The van der Waals surface area contributed by atoms with E-state index in [1.165, 1.54) is 27.1 Å². The Morgan fingerprint density at radius 1 is 0.358 bits per heavy atom. The Morgan fingerprint density at radius 2 is 0.962 bits per heavy atom. The van der Waals surface area contributed by atoms with E-state index in [0.29, 0.717) is 0 Å². The Bertz CT molecular complexity index is 3200. The third-order valence-electron chi connectivity index (χ3n) is 10.5. The monoisotopic (exact) mass is 675 g/mol. The molecule has 0 unspecified atom stereocenters. The molecule has 0 aliphatic carbocycles. The Labute approximate surface area is 304 Å². The molecular formula is C48H29N5. The Morgan fingerprint density at radius 3 is 1.74 bits per heavy atom. The van der Waals surface area contributed by atoms with E-state index in [2.05, 4.69) is 138 Å². The Hall–Kier alpha value is -7.24. The van der Waals surface area contributed by atoms with Gasteiger partial charge in [0, 0.05) is 56.1 Å². The summed E-state index contributed by atoms with van der Waals surface area (Å²) in [6.45, 7) is 0. The molecule has 246 valence electrons. The Balaban J connectivity index is 1.01. The van der Waals surface area contributed by atoms with Crippen molar-refractivity contribution >= 4 is 65.3 Å². The van der Waals surface area contributed by atoms with Gasteiger partial charge in [0.2, 0.25) is 0 Å². The highest BCUT2D eigenvalue weighted by Crippen LogP contribution is 2.40. The van der Waals surface area contributed by atoms with Gasteiger partial charge in [0.25, 0.3) is 0 Å². The average Bonchev–Trinajstić information content (AvgIpc) is 3.56. The van der Waals surface area contributed by atoms with Crippen molar-refractivity contribution in [3.05, 3.63) is 176 Å². The second kappa shape index (κ2) is 11.7. The van der Waals surface area contributed by atoms with E-state index in [-0.39, 0.29) is 0 Å². The van der Waals surface area contributed by atoms with Gasteiger partial charge in [0.05, 0.1) is 33.3 Å². The molecule has 0 bridgehead atoms. The smallest absolute Gasteiger partial charge is 0.160 e. The molecule has 3 heterocycles. The molecule has 3 aromatic heterocycles. The van der Waals surface area contributed by atoms with Crippen molar-refractivity contribution in [3.8, 4) is 39.5 Å². The molecule has 8 aromatic carbocycles. The molecule has 0 N–H and O–H groups in total. The van der Waals surface area contributed by atoms with Crippen molar-refractivity contribution in [2.45, 2.75) is 0 Å². The van der Waals surface area contributed by atoms with Gasteiger partial charge < -0.3 is 4.57 Å². The summed E-state index contributed by atoms with van der Waals surface area (Å²) in [7, 11) is 0. The topological polar surface area (TPSA) is 56.5 Å². The number of rotatable bonds is 4. The second-order valence-corrected chi connectivity index (χ2v) is 13.5. The number of aromatic nitrogens is 5. The van der Waals surface area contributed by atoms with Crippen LogP contribution in [0.25, 0.3) is 105 Å². The number of para-hydroxylation sites is 2. The van der Waals surface area contributed by atoms with Crippen LogP contribution in [0.2, 0.25) is 0 Å². The summed E-state index contributed by atoms with van der Waals surface area (Å²) < 4.78 is 2.37. The van der Waals surface area contributed by atoms with Gasteiger partial charge in [-0.25, -0.2) is 9.97 Å². The molecule has 11 rings (SSSR count). The predicted molar refractivity (Wildman–Crippen MR) is 218 cm³/mol. The molecule has 5 heteroatoms. The van der Waals surface area contributed by atoms with Crippen LogP contribution >= 0.6 is 0 Å². The van der Waals surface area contributed by atoms with Crippen molar-refractivity contribution in [1.82, 2.24) is 24.5 Å². The maximum Gasteiger partial charge on any atom is 0.160 e. The minimum Gasteiger partial charge on any atom is -0.309 e. The molecule has 11 aromatic rings. The van der Waals surface area contributed by atoms with Crippen LogP contribution in [0.4, 0.5) is 0 Å². The molecule has 0 saturated carbocycles. The second-order valence-electron chi connectivity index (χ2n) is 13.5. The normalized spacial score (nSPS) is 11.8. The van der Waals surface area contributed by atoms with Gasteiger partial charge in [-0.1, -0.05) is 127 Å². The largest absolute Gasteiger partial charge is 0.309 e. The van der Waals surface area contributed by atoms with Crippen LogP contribution in [0.3, 0.4) is 0 Å². The predicted octanol–water partition coefficient (Wildman–Crippen LogP) is 12.0. The summed E-state index contributed by atoms with van der Waals surface area (Å²) >= 11 is 0. The first-order valence-corrected chi connectivity index (χ1v) is 17.8. The van der Waals surface area contributed by atoms with E-state index in [9.17, 15) is 0 Å². The third kappa shape index (κ3) is 4.64. The van der Waals surface area contributed by atoms with Crippen molar-refractivity contribution in [1.29, 1.82) is 0 Å². The van der Waals surface area contributed by atoms with Crippen molar-refractivity contribution in [3.63, 3.8) is 0 Å². The van der Waals surface area contributed by atoms with Gasteiger partial charge in [-0.05, 0) is 58.3 Å². The number of nitrogens with zero attached hydrogens (tertiary/aromatic N) is 5. The average molecular weight is 676 g/mol. The lowest BCUT2D eigenvalue weighted by Crippen LogP contribution is -1.95. The summed E-state index contributed by atoms with van der Waals surface area (Å²) in [6.07, 6.45) is 3.57. The lowest BCUT2D eigenvalue weighted by atomic mass is 9.97. The van der Waals surface area contributed by atoms with Gasteiger partial charge in [-0.15, -0.1) is 0 Å². The van der Waals surface area contributed by atoms with Gasteiger partial charge in [0.1, 0.15) is 0 Å². The molecule has 0 radical (unpaired) electrons. The fourth-order valence-electron chi connectivity index (χ4n) is 8.01. The van der Waals surface area contributed by atoms with Crippen LogP contribution < -0.4 is 0 Å². The maximum absolute atomic E-state index is 5.06. The molecule has 0 spiro atoms. The molecule has 0 fully saturated rings. The number of benzene rings is 8. The van der Waals surface area contributed by atoms with E-state index >= 15 is 0 Å². The minimum atomic E-state index is 0.718. The van der Waals surface area contributed by atoms with Crippen molar-refractivity contribution in [2.75, 3.05) is 0 Å². The molecule has 0 amide bonds. The zero-order chi connectivity index (χ0) is 34.9. The Kier molecular flexibility index (Phi) is 6.48. The highest BCUT2D eigenvalue weighted by Gasteiger charge is 2.17. The van der Waals surface area contributed by atoms with Crippen LogP contribution in [0.5, 0.6) is 0 Å². The van der Waals surface area contributed by atoms with Crippen LogP contribution in [0.15, 0.2) is 176 Å². The number of fused-ring (bicyclic) bond motifs is 10. The van der Waals surface area contributed by atoms with Crippen LogP contribution in [-0.2, 0) is 0 Å². The highest BCUT2D eigenvalue weighted by atomic mass is 15.0. The zero-order valence-corrected chi connectivity index (χ0v) is 28.5. The quantitative estimate of drug-likeness (QED) is 0.174. The SMILES string of the molecule is c1ccc(-c2nc(-c3ccc(-c4ccc(-n5c6ccccc6c6cc7c8ccccc8c8nccnc8c7cc65)cc4)cc3)nc3ccccc23)cc1. The first-order valence-electron chi connectivity index (χ1n) is 17.8. The fourth-order valence-corrected chi connectivity index (χ4v) is 8.01. The van der Waals surface area contributed by atoms with Crippen molar-refractivity contribution < 1.29 is 0 Å². The summed E-state index contributed by atoms with van der Waals surface area (Å²) in [5.41, 5.74) is 11.5. The summed E-state index contributed by atoms with van der Waals surface area (Å²) in [4.78, 5) is 19.6. The van der Waals surface area contributed by atoms with E-state index in [1.54, 1.807) is 12.4 Å². The summed E-state index contributed by atoms with van der Waals surface area (Å²) in [5, 5.41) is 8.09. The fraction of sp³-hybridized carbons (Fsp3) is 0. The van der Waals surface area contributed by atoms with Crippen LogP contribution in [0.1, 0.15) is 0 Å². The highest BCUT2D eigenvalue weighted by molar-refractivity contribution is 6.27. The lowest BCUT2D eigenvalue weighted by molar-refractivity contribution is 1.18. The van der Waals surface area contributed by atoms with Gasteiger partial charge in [-0.3, -0.25) is 9.97 Å². The number of hydrogen-bond donors (Lipinski definition) is 0. The van der Waals surface area contributed by atoms with Crippen LogP contribution in [0, 0.1) is 0 Å². The summed E-state index contributed by atoms with van der Waals surface area (Å²) in [6, 6.07) is 57.8. The maximum atomic E-state index is 5.06. The zero-order valence-electron chi connectivity index (χ0n) is 28.5. The molecule has 0 atom stereocenters. The van der Waals surface area contributed by atoms with Gasteiger partial charge in [0.15, 0.2) is 5.82 Å². The minimum absolute atomic E-state index is 0.718. The first-order chi connectivity index (χ1) is 26.3. The van der Waals surface area contributed by atoms with E-state index in [1.807, 2.05) is 30.3 Å².